The average Bonchev–Trinajstić information content (AvgIpc) is 2.38. The first-order valence-electron chi connectivity index (χ1n) is 7.05. The van der Waals surface area contributed by atoms with Crippen LogP contribution in [0.1, 0.15) is 19.8 Å². The smallest absolute Gasteiger partial charge is 0.426 e. The lowest BCUT2D eigenvalue weighted by Gasteiger charge is -2.45. The molecule has 0 heterocycles. The first kappa shape index (κ1) is 21.5. The van der Waals surface area contributed by atoms with E-state index in [4.69, 9.17) is 4.74 Å². The molecule has 0 radical (unpaired) electrons. The van der Waals surface area contributed by atoms with Gasteiger partial charge >= 0.3 is 12.4 Å². The van der Waals surface area contributed by atoms with Crippen LogP contribution in [0.4, 0.5) is 26.3 Å². The van der Waals surface area contributed by atoms with Crippen molar-refractivity contribution < 1.29 is 51.2 Å². The number of alkyl halides is 6. The molecule has 12 heteroatoms. The third-order valence-electron chi connectivity index (χ3n) is 4.00. The van der Waals surface area contributed by atoms with Gasteiger partial charge in [-0.3, -0.25) is 4.79 Å². The van der Waals surface area contributed by atoms with E-state index in [1.807, 2.05) is 0 Å². The van der Waals surface area contributed by atoms with Crippen LogP contribution in [0.2, 0.25) is 4.78 Å². The van der Waals surface area contributed by atoms with E-state index < -0.39 is 65.8 Å². The topological polar surface area (TPSA) is 87.0 Å². The lowest BCUT2D eigenvalue weighted by molar-refractivity contribution is -0.396. The van der Waals surface area contributed by atoms with Crippen LogP contribution in [-0.4, -0.2) is 73.8 Å². The largest absolute Gasteiger partial charge is 0.460 e. The van der Waals surface area contributed by atoms with E-state index in [1.54, 1.807) is 0 Å². The Balaban J connectivity index is 3.07. The summed E-state index contributed by atoms with van der Waals surface area (Å²) < 4.78 is 81.4. The van der Waals surface area contributed by atoms with Gasteiger partial charge in [-0.1, -0.05) is 6.92 Å². The molecule has 0 bridgehead atoms. The molecule has 1 saturated carbocycles. The Labute approximate surface area is 141 Å². The Kier molecular flexibility index (Phi) is 6.27. The summed E-state index contributed by atoms with van der Waals surface area (Å²) in [5.41, 5.74) is -5.18. The quantitative estimate of drug-likeness (QED) is 0.372. The summed E-state index contributed by atoms with van der Waals surface area (Å²) in [4.78, 5) is 11.5. The highest BCUT2D eigenvalue weighted by Crippen LogP contribution is 2.51. The van der Waals surface area contributed by atoms with E-state index in [9.17, 15) is 46.5 Å². The fraction of sp³-hybridized carbons (Fsp3) is 0.917. The minimum atomic E-state index is -6.11. The van der Waals surface area contributed by atoms with Gasteiger partial charge in [0.25, 0.3) is 11.6 Å². The Morgan fingerprint density at radius 3 is 1.92 bits per heavy atom. The molecule has 0 aromatic heterocycles. The van der Waals surface area contributed by atoms with Gasteiger partial charge in [-0.15, -0.1) is 0 Å². The molecule has 24 heavy (non-hydrogen) atoms. The van der Waals surface area contributed by atoms with Gasteiger partial charge < -0.3 is 20.1 Å². The van der Waals surface area contributed by atoms with Crippen LogP contribution in [0.15, 0.2) is 0 Å². The van der Waals surface area contributed by atoms with Gasteiger partial charge in [0, 0.05) is 12.3 Å². The van der Waals surface area contributed by atoms with Crippen LogP contribution in [0.25, 0.3) is 0 Å². The maximum atomic E-state index is 12.9. The predicted octanol–water partition coefficient (Wildman–Crippen LogP) is 0.327. The SMILES string of the molecule is C[CH]([AlH2])C(=O)OC1CC(O)C(C(O)(C(F)(F)F)C(F)(F)F)CC1O. The average molecular weight is 382 g/mol. The first-order valence-corrected chi connectivity index (χ1v) is 8.20. The van der Waals surface area contributed by atoms with Crippen LogP contribution in [0.3, 0.4) is 0 Å². The number of aliphatic hydroxyl groups is 3. The number of ether oxygens (including phenoxy) is 1. The lowest BCUT2D eigenvalue weighted by atomic mass is 9.72. The molecule has 0 amide bonds. The molecular weight excluding hydrogens is 365 g/mol. The molecule has 5 nitrogen and oxygen atoms in total. The third kappa shape index (κ3) is 3.99. The Morgan fingerprint density at radius 1 is 1.08 bits per heavy atom. The van der Waals surface area contributed by atoms with E-state index >= 15 is 0 Å². The van der Waals surface area contributed by atoms with Crippen LogP contribution >= 0.6 is 0 Å². The Morgan fingerprint density at radius 2 is 1.54 bits per heavy atom. The molecule has 140 valence electrons. The molecule has 0 aromatic carbocycles. The van der Waals surface area contributed by atoms with E-state index in [0.717, 1.165) is 0 Å². The number of aliphatic hydroxyl groups excluding tert-OH is 2. The van der Waals surface area contributed by atoms with Crippen LogP contribution in [0.5, 0.6) is 0 Å². The van der Waals surface area contributed by atoms with Crippen LogP contribution in [0, 0.1) is 5.92 Å². The van der Waals surface area contributed by atoms with Crippen molar-refractivity contribution in [3.8, 4) is 0 Å². The van der Waals surface area contributed by atoms with Crippen LogP contribution in [-0.2, 0) is 9.53 Å². The molecule has 5 atom stereocenters. The van der Waals surface area contributed by atoms with Crippen molar-refractivity contribution in [3.05, 3.63) is 0 Å². The summed E-state index contributed by atoms with van der Waals surface area (Å²) in [7, 11) is 0. The molecule has 1 aliphatic rings. The van der Waals surface area contributed by atoms with Crippen molar-refractivity contribution in [2.24, 2.45) is 5.92 Å². The molecule has 1 rings (SSSR count). The predicted molar refractivity (Wildman–Crippen MR) is 69.6 cm³/mol. The zero-order chi connectivity index (χ0) is 19.1. The lowest BCUT2D eigenvalue weighted by Crippen LogP contribution is -2.66. The molecule has 0 aliphatic heterocycles. The molecular formula is C12H17AlF6O5. The molecule has 1 aliphatic carbocycles. The zero-order valence-electron chi connectivity index (χ0n) is 12.7. The summed E-state index contributed by atoms with van der Waals surface area (Å²) >= 11 is 0.390. The van der Waals surface area contributed by atoms with E-state index in [2.05, 4.69) is 0 Å². The zero-order valence-corrected chi connectivity index (χ0v) is 14.7. The maximum absolute atomic E-state index is 12.9. The summed E-state index contributed by atoms with van der Waals surface area (Å²) in [6.07, 6.45) is -19.9. The fourth-order valence-electron chi connectivity index (χ4n) is 2.57. The van der Waals surface area contributed by atoms with Crippen molar-refractivity contribution in [1.29, 1.82) is 0 Å². The molecule has 1 fully saturated rings. The van der Waals surface area contributed by atoms with Gasteiger partial charge in [0.15, 0.2) is 0 Å². The van der Waals surface area contributed by atoms with Crippen molar-refractivity contribution in [3.63, 3.8) is 0 Å². The van der Waals surface area contributed by atoms with Crippen molar-refractivity contribution in [2.45, 2.75) is 60.8 Å². The molecule has 0 spiro atoms. The van der Waals surface area contributed by atoms with Gasteiger partial charge in [-0.05, 0) is 11.2 Å². The monoisotopic (exact) mass is 382 g/mol. The number of carbonyl (C=O) groups is 1. The molecule has 0 aromatic rings. The Hall–Kier alpha value is -0.538. The second kappa shape index (κ2) is 6.99. The highest BCUT2D eigenvalue weighted by Gasteiger charge is 2.75. The summed E-state index contributed by atoms with van der Waals surface area (Å²) in [6.45, 7) is 1.50. The van der Waals surface area contributed by atoms with Gasteiger partial charge in [0.1, 0.15) is 6.10 Å². The molecule has 5 unspecified atom stereocenters. The highest BCUT2D eigenvalue weighted by molar-refractivity contribution is 6.22. The van der Waals surface area contributed by atoms with Gasteiger partial charge in [0.05, 0.1) is 12.2 Å². The second-order valence-electron chi connectivity index (χ2n) is 6.10. The Bertz CT molecular complexity index is 452. The number of carbonyl (C=O) groups excluding carboxylic acids is 1. The van der Waals surface area contributed by atoms with Crippen molar-refractivity contribution >= 4 is 22.3 Å². The van der Waals surface area contributed by atoms with Crippen LogP contribution < -0.4 is 0 Å². The normalized spacial score (nSPS) is 30.8. The number of rotatable bonds is 3. The standard InChI is InChI=1S/C12H15F6O5.Al.2H/c1-2-9(21)23-8-4-6(19)5(3-7(8)20)10(22,11(13,14)15)12(16,17)18;;;/h2,5-8,19-20,22H,3-4H2,1H3;;;. The second-order valence-corrected chi connectivity index (χ2v) is 7.84. The fourth-order valence-corrected chi connectivity index (χ4v) is 2.71. The van der Waals surface area contributed by atoms with Crippen molar-refractivity contribution in [2.75, 3.05) is 0 Å². The van der Waals surface area contributed by atoms with Gasteiger partial charge in [-0.2, -0.15) is 26.3 Å². The highest BCUT2D eigenvalue weighted by atomic mass is 27.0. The number of halogens is 6. The van der Waals surface area contributed by atoms with Crippen molar-refractivity contribution in [1.82, 2.24) is 0 Å². The van der Waals surface area contributed by atoms with E-state index in [0.29, 0.717) is 16.3 Å². The number of hydrogen-bond donors (Lipinski definition) is 3. The maximum Gasteiger partial charge on any atom is 0.426 e. The minimum absolute atomic E-state index is 0.390. The summed E-state index contributed by atoms with van der Waals surface area (Å²) in [5, 5.41) is 28.8. The molecule has 3 N–H and O–H groups in total. The van der Waals surface area contributed by atoms with E-state index in [1.165, 1.54) is 6.92 Å². The van der Waals surface area contributed by atoms with Gasteiger partial charge in [-0.25, -0.2) is 0 Å². The minimum Gasteiger partial charge on any atom is -0.460 e. The third-order valence-corrected chi connectivity index (χ3v) is 4.47. The first-order chi connectivity index (χ1) is 10.6. The number of esters is 1. The summed E-state index contributed by atoms with van der Waals surface area (Å²) in [5.74, 6) is -3.51. The number of hydrogen-bond acceptors (Lipinski definition) is 5. The summed E-state index contributed by atoms with van der Waals surface area (Å²) in [6, 6.07) is 0. The van der Waals surface area contributed by atoms with E-state index in [-0.39, 0.29) is 0 Å². The molecule has 0 saturated heterocycles. The van der Waals surface area contributed by atoms with Gasteiger partial charge in [0.2, 0.25) is 16.3 Å².